The van der Waals surface area contributed by atoms with Crippen molar-refractivity contribution in [2.75, 3.05) is 7.05 Å². The van der Waals surface area contributed by atoms with E-state index in [1.807, 2.05) is 49.4 Å². The molecule has 2 heteroatoms. The van der Waals surface area contributed by atoms with Gasteiger partial charge in [-0.25, -0.2) is 0 Å². The van der Waals surface area contributed by atoms with Gasteiger partial charge in [-0.3, -0.25) is 4.79 Å². The van der Waals surface area contributed by atoms with Crippen molar-refractivity contribution in [3.63, 3.8) is 0 Å². The Bertz CT molecular complexity index is 546. The Morgan fingerprint density at radius 3 is 2.53 bits per heavy atom. The minimum absolute atomic E-state index is 0.0536. The SMILES string of the molecule is CNC(=O)c1ccccc1-c1cccc(C)c1. The van der Waals surface area contributed by atoms with E-state index in [1.165, 1.54) is 5.56 Å². The van der Waals surface area contributed by atoms with Crippen molar-refractivity contribution in [2.45, 2.75) is 6.92 Å². The van der Waals surface area contributed by atoms with Gasteiger partial charge < -0.3 is 5.32 Å². The van der Waals surface area contributed by atoms with Gasteiger partial charge in [0.1, 0.15) is 0 Å². The van der Waals surface area contributed by atoms with Gasteiger partial charge in [-0.15, -0.1) is 0 Å². The van der Waals surface area contributed by atoms with Crippen LogP contribution >= 0.6 is 0 Å². The number of hydrogen-bond acceptors (Lipinski definition) is 1. The van der Waals surface area contributed by atoms with E-state index in [2.05, 4.69) is 11.4 Å². The van der Waals surface area contributed by atoms with Crippen LogP contribution < -0.4 is 5.32 Å². The Morgan fingerprint density at radius 2 is 1.82 bits per heavy atom. The molecule has 2 aromatic rings. The van der Waals surface area contributed by atoms with Crippen LogP contribution in [0.15, 0.2) is 48.5 Å². The van der Waals surface area contributed by atoms with Crippen molar-refractivity contribution in [3.05, 3.63) is 59.7 Å². The average molecular weight is 225 g/mol. The lowest BCUT2D eigenvalue weighted by Gasteiger charge is -2.08. The lowest BCUT2D eigenvalue weighted by Crippen LogP contribution is -2.18. The molecule has 1 amide bonds. The maximum atomic E-state index is 11.8. The number of nitrogens with one attached hydrogen (secondary N) is 1. The minimum atomic E-state index is -0.0536. The molecular weight excluding hydrogens is 210 g/mol. The first-order chi connectivity index (χ1) is 8.22. The van der Waals surface area contributed by atoms with E-state index in [9.17, 15) is 4.79 Å². The summed E-state index contributed by atoms with van der Waals surface area (Å²) in [5.41, 5.74) is 3.94. The van der Waals surface area contributed by atoms with Gasteiger partial charge in [0.2, 0.25) is 0 Å². The lowest BCUT2D eigenvalue weighted by atomic mass is 9.98. The number of rotatable bonds is 2. The predicted octanol–water partition coefficient (Wildman–Crippen LogP) is 3.02. The van der Waals surface area contributed by atoms with Gasteiger partial charge >= 0.3 is 0 Å². The molecule has 0 fully saturated rings. The fourth-order valence-corrected chi connectivity index (χ4v) is 1.88. The number of benzene rings is 2. The van der Waals surface area contributed by atoms with Crippen molar-refractivity contribution < 1.29 is 4.79 Å². The highest BCUT2D eigenvalue weighted by atomic mass is 16.1. The third kappa shape index (κ3) is 2.36. The van der Waals surface area contributed by atoms with Crippen LogP contribution in [-0.4, -0.2) is 13.0 Å². The number of hydrogen-bond donors (Lipinski definition) is 1. The smallest absolute Gasteiger partial charge is 0.251 e. The molecule has 17 heavy (non-hydrogen) atoms. The van der Waals surface area contributed by atoms with Gasteiger partial charge in [-0.1, -0.05) is 48.0 Å². The first kappa shape index (κ1) is 11.4. The van der Waals surface area contributed by atoms with Gasteiger partial charge in [0.15, 0.2) is 0 Å². The summed E-state index contributed by atoms with van der Waals surface area (Å²) < 4.78 is 0. The first-order valence-corrected chi connectivity index (χ1v) is 5.60. The quantitative estimate of drug-likeness (QED) is 0.836. The van der Waals surface area contributed by atoms with Crippen molar-refractivity contribution in [1.82, 2.24) is 5.32 Å². The largest absolute Gasteiger partial charge is 0.355 e. The molecule has 0 aliphatic carbocycles. The zero-order valence-electron chi connectivity index (χ0n) is 10.0. The standard InChI is InChI=1S/C15H15NO/c1-11-6-5-7-12(10-11)13-8-3-4-9-14(13)15(17)16-2/h3-10H,1-2H3,(H,16,17). The molecule has 86 valence electrons. The molecule has 0 heterocycles. The lowest BCUT2D eigenvalue weighted by molar-refractivity contribution is 0.0963. The molecule has 0 saturated carbocycles. The van der Waals surface area contributed by atoms with Crippen LogP contribution in [0.25, 0.3) is 11.1 Å². The van der Waals surface area contributed by atoms with E-state index in [0.29, 0.717) is 5.56 Å². The van der Waals surface area contributed by atoms with Crippen LogP contribution in [0.3, 0.4) is 0 Å². The van der Waals surface area contributed by atoms with Gasteiger partial charge in [-0.2, -0.15) is 0 Å². The summed E-state index contributed by atoms with van der Waals surface area (Å²) in [6, 6.07) is 15.8. The summed E-state index contributed by atoms with van der Waals surface area (Å²) in [6.45, 7) is 2.05. The van der Waals surface area contributed by atoms with Crippen molar-refractivity contribution in [1.29, 1.82) is 0 Å². The van der Waals surface area contributed by atoms with Crippen LogP contribution in [-0.2, 0) is 0 Å². The highest BCUT2D eigenvalue weighted by Gasteiger charge is 2.10. The summed E-state index contributed by atoms with van der Waals surface area (Å²) in [4.78, 5) is 11.8. The summed E-state index contributed by atoms with van der Waals surface area (Å²) in [7, 11) is 1.65. The Balaban J connectivity index is 2.55. The molecule has 2 aromatic carbocycles. The zero-order chi connectivity index (χ0) is 12.3. The molecule has 2 nitrogen and oxygen atoms in total. The second kappa shape index (κ2) is 4.83. The molecule has 0 bridgehead atoms. The number of aryl methyl sites for hydroxylation is 1. The highest BCUT2D eigenvalue weighted by Crippen LogP contribution is 2.24. The van der Waals surface area contributed by atoms with Crippen molar-refractivity contribution in [2.24, 2.45) is 0 Å². The maximum absolute atomic E-state index is 11.8. The Morgan fingerprint density at radius 1 is 1.06 bits per heavy atom. The molecule has 0 aromatic heterocycles. The first-order valence-electron chi connectivity index (χ1n) is 5.60. The minimum Gasteiger partial charge on any atom is -0.355 e. The normalized spacial score (nSPS) is 10.0. The Hall–Kier alpha value is -2.09. The van der Waals surface area contributed by atoms with E-state index in [0.717, 1.165) is 11.1 Å². The third-order valence-corrected chi connectivity index (χ3v) is 2.73. The second-order valence-corrected chi connectivity index (χ2v) is 3.99. The fraction of sp³-hybridized carbons (Fsp3) is 0.133. The van der Waals surface area contributed by atoms with Gasteiger partial charge in [-0.05, 0) is 24.1 Å². The van der Waals surface area contributed by atoms with Crippen LogP contribution in [0.5, 0.6) is 0 Å². The summed E-state index contributed by atoms with van der Waals surface area (Å²) >= 11 is 0. The maximum Gasteiger partial charge on any atom is 0.251 e. The highest BCUT2D eigenvalue weighted by molar-refractivity contribution is 6.00. The van der Waals surface area contributed by atoms with Gasteiger partial charge in [0.05, 0.1) is 0 Å². The number of carbonyl (C=O) groups excluding carboxylic acids is 1. The van der Waals surface area contributed by atoms with Crippen LogP contribution in [0.2, 0.25) is 0 Å². The molecule has 0 aliphatic heterocycles. The zero-order valence-corrected chi connectivity index (χ0v) is 10.0. The Kier molecular flexibility index (Phi) is 3.24. The van der Waals surface area contributed by atoms with E-state index in [4.69, 9.17) is 0 Å². The molecule has 0 spiro atoms. The van der Waals surface area contributed by atoms with E-state index >= 15 is 0 Å². The third-order valence-electron chi connectivity index (χ3n) is 2.73. The monoisotopic (exact) mass is 225 g/mol. The molecular formula is C15H15NO. The summed E-state index contributed by atoms with van der Waals surface area (Å²) in [5, 5.41) is 2.67. The van der Waals surface area contributed by atoms with Crippen molar-refractivity contribution in [3.8, 4) is 11.1 Å². The molecule has 0 aliphatic rings. The van der Waals surface area contributed by atoms with Gasteiger partial charge in [0.25, 0.3) is 5.91 Å². The number of carbonyl (C=O) groups is 1. The van der Waals surface area contributed by atoms with Gasteiger partial charge in [0, 0.05) is 12.6 Å². The van der Waals surface area contributed by atoms with E-state index in [-0.39, 0.29) is 5.91 Å². The van der Waals surface area contributed by atoms with Crippen molar-refractivity contribution >= 4 is 5.91 Å². The Labute approximate surface area is 101 Å². The van der Waals surface area contributed by atoms with Crippen LogP contribution in [0, 0.1) is 6.92 Å². The topological polar surface area (TPSA) is 29.1 Å². The molecule has 1 N–H and O–H groups in total. The fourth-order valence-electron chi connectivity index (χ4n) is 1.88. The molecule has 0 unspecified atom stereocenters. The predicted molar refractivity (Wildman–Crippen MR) is 70.0 cm³/mol. The second-order valence-electron chi connectivity index (χ2n) is 3.99. The van der Waals surface area contributed by atoms with E-state index < -0.39 is 0 Å². The molecule has 2 rings (SSSR count). The summed E-state index contributed by atoms with van der Waals surface area (Å²) in [5.74, 6) is -0.0536. The average Bonchev–Trinajstić information content (AvgIpc) is 2.38. The van der Waals surface area contributed by atoms with E-state index in [1.54, 1.807) is 7.05 Å². The van der Waals surface area contributed by atoms with Crippen LogP contribution in [0.1, 0.15) is 15.9 Å². The van der Waals surface area contributed by atoms with Crippen LogP contribution in [0.4, 0.5) is 0 Å². The number of amides is 1. The molecule has 0 saturated heterocycles. The summed E-state index contributed by atoms with van der Waals surface area (Å²) in [6.07, 6.45) is 0. The molecule has 0 atom stereocenters. The molecule has 0 radical (unpaired) electrons.